The first-order chi connectivity index (χ1) is 8.90. The van der Waals surface area contributed by atoms with Crippen LogP contribution in [0.5, 0.6) is 0 Å². The quantitative estimate of drug-likeness (QED) is 0.945. The zero-order valence-electron chi connectivity index (χ0n) is 10.4. The van der Waals surface area contributed by atoms with Gasteiger partial charge in [-0.2, -0.15) is 0 Å². The van der Waals surface area contributed by atoms with Crippen LogP contribution in [0.25, 0.3) is 0 Å². The normalized spacial score (nSPS) is 11.3. The minimum atomic E-state index is -3.72. The van der Waals surface area contributed by atoms with Crippen molar-refractivity contribution in [2.75, 3.05) is 4.72 Å². The second-order valence-electron chi connectivity index (χ2n) is 4.07. The maximum Gasteiger partial charge on any atom is 0.263 e. The third kappa shape index (κ3) is 3.02. The number of nitrogens with zero attached hydrogens (tertiary/aromatic N) is 2. The number of nitrogens with one attached hydrogen (secondary N) is 1. The smallest absolute Gasteiger partial charge is 0.261 e. The molecule has 1 N–H and O–H groups in total. The van der Waals surface area contributed by atoms with Gasteiger partial charge in [0, 0.05) is 12.4 Å². The van der Waals surface area contributed by atoms with Crippen LogP contribution in [-0.4, -0.2) is 18.4 Å². The Balaban J connectivity index is 2.41. The van der Waals surface area contributed by atoms with E-state index in [1.165, 1.54) is 12.4 Å². The topological polar surface area (TPSA) is 72.0 Å². The Kier molecular flexibility index (Phi) is 3.73. The molecule has 0 amide bonds. The molecule has 19 heavy (non-hydrogen) atoms. The van der Waals surface area contributed by atoms with Gasteiger partial charge in [-0.25, -0.2) is 18.4 Å². The number of hydrogen-bond acceptors (Lipinski definition) is 4. The molecule has 0 aliphatic carbocycles. The standard InChI is InChI=1S/C12H12ClN3O2S/c1-8-3-4-10(9(2)7-8)19(17,18)16-12-11(13)14-5-6-15-12/h3-7H,1-2H3,(H,15,16). The van der Waals surface area contributed by atoms with Crippen LogP contribution in [0.4, 0.5) is 5.82 Å². The Morgan fingerprint density at radius 3 is 2.47 bits per heavy atom. The molecule has 2 rings (SSSR count). The van der Waals surface area contributed by atoms with Crippen LogP contribution in [0.1, 0.15) is 11.1 Å². The molecule has 2 aromatic rings. The highest BCUT2D eigenvalue weighted by Crippen LogP contribution is 2.22. The Morgan fingerprint density at radius 2 is 1.84 bits per heavy atom. The molecule has 0 spiro atoms. The van der Waals surface area contributed by atoms with Crippen molar-refractivity contribution in [3.63, 3.8) is 0 Å². The predicted octanol–water partition coefficient (Wildman–Crippen LogP) is 2.55. The van der Waals surface area contributed by atoms with Crippen LogP contribution in [0.15, 0.2) is 35.5 Å². The van der Waals surface area contributed by atoms with Crippen molar-refractivity contribution in [1.82, 2.24) is 9.97 Å². The van der Waals surface area contributed by atoms with Gasteiger partial charge in [0.05, 0.1) is 4.90 Å². The van der Waals surface area contributed by atoms with Crippen LogP contribution in [0.2, 0.25) is 5.15 Å². The van der Waals surface area contributed by atoms with Gasteiger partial charge in [-0.1, -0.05) is 29.3 Å². The fourth-order valence-corrected chi connectivity index (χ4v) is 3.12. The number of halogens is 1. The lowest BCUT2D eigenvalue weighted by Gasteiger charge is -2.10. The molecule has 0 bridgehead atoms. The van der Waals surface area contributed by atoms with E-state index in [1.807, 2.05) is 6.92 Å². The van der Waals surface area contributed by atoms with E-state index in [-0.39, 0.29) is 15.9 Å². The van der Waals surface area contributed by atoms with Crippen molar-refractivity contribution in [2.24, 2.45) is 0 Å². The third-order valence-electron chi connectivity index (χ3n) is 2.50. The number of benzene rings is 1. The fourth-order valence-electron chi connectivity index (χ4n) is 1.67. The molecule has 1 aromatic carbocycles. The molecule has 5 nitrogen and oxygen atoms in total. The van der Waals surface area contributed by atoms with Crippen molar-refractivity contribution in [1.29, 1.82) is 0 Å². The van der Waals surface area contributed by atoms with Crippen molar-refractivity contribution < 1.29 is 8.42 Å². The van der Waals surface area contributed by atoms with Crippen LogP contribution in [0, 0.1) is 13.8 Å². The lowest BCUT2D eigenvalue weighted by molar-refractivity contribution is 0.600. The summed E-state index contributed by atoms with van der Waals surface area (Å²) in [4.78, 5) is 7.82. The van der Waals surface area contributed by atoms with Gasteiger partial charge in [-0.05, 0) is 25.5 Å². The zero-order valence-corrected chi connectivity index (χ0v) is 12.0. The largest absolute Gasteiger partial charge is 0.263 e. The molecule has 0 aliphatic heterocycles. The fraction of sp³-hybridized carbons (Fsp3) is 0.167. The number of aromatic nitrogens is 2. The SMILES string of the molecule is Cc1ccc(S(=O)(=O)Nc2nccnc2Cl)c(C)c1. The van der Waals surface area contributed by atoms with E-state index in [2.05, 4.69) is 14.7 Å². The van der Waals surface area contributed by atoms with E-state index in [0.717, 1.165) is 5.56 Å². The monoisotopic (exact) mass is 297 g/mol. The zero-order chi connectivity index (χ0) is 14.0. The average Bonchev–Trinajstić information content (AvgIpc) is 2.31. The van der Waals surface area contributed by atoms with Crippen LogP contribution < -0.4 is 4.72 Å². The molecule has 100 valence electrons. The first-order valence-corrected chi connectivity index (χ1v) is 7.33. The summed E-state index contributed by atoms with van der Waals surface area (Å²) in [6.07, 6.45) is 2.75. The number of rotatable bonds is 3. The summed E-state index contributed by atoms with van der Waals surface area (Å²) in [5.41, 5.74) is 1.65. The van der Waals surface area contributed by atoms with E-state index in [9.17, 15) is 8.42 Å². The highest BCUT2D eigenvalue weighted by atomic mass is 35.5. The van der Waals surface area contributed by atoms with Crippen LogP contribution >= 0.6 is 11.6 Å². The van der Waals surface area contributed by atoms with Crippen molar-refractivity contribution in [3.05, 3.63) is 46.9 Å². The van der Waals surface area contributed by atoms with Gasteiger partial charge < -0.3 is 0 Å². The van der Waals surface area contributed by atoms with Crippen LogP contribution in [0.3, 0.4) is 0 Å². The molecule has 0 atom stereocenters. The van der Waals surface area contributed by atoms with E-state index < -0.39 is 10.0 Å². The lowest BCUT2D eigenvalue weighted by atomic mass is 10.2. The maximum atomic E-state index is 12.2. The average molecular weight is 298 g/mol. The molecule has 0 saturated carbocycles. The molecule has 0 aliphatic rings. The molecule has 0 unspecified atom stereocenters. The van der Waals surface area contributed by atoms with E-state index >= 15 is 0 Å². The Morgan fingerprint density at radius 1 is 1.16 bits per heavy atom. The Bertz CT molecular complexity index is 717. The van der Waals surface area contributed by atoms with E-state index in [1.54, 1.807) is 25.1 Å². The number of aryl methyl sites for hydroxylation is 2. The molecule has 0 saturated heterocycles. The third-order valence-corrected chi connectivity index (χ3v) is 4.28. The number of hydrogen-bond donors (Lipinski definition) is 1. The molecule has 0 radical (unpaired) electrons. The lowest BCUT2D eigenvalue weighted by Crippen LogP contribution is -2.15. The Labute approximate surface area is 116 Å². The molecule has 0 fully saturated rings. The highest BCUT2D eigenvalue weighted by Gasteiger charge is 2.19. The molecular weight excluding hydrogens is 286 g/mol. The van der Waals surface area contributed by atoms with Gasteiger partial charge in [-0.15, -0.1) is 0 Å². The second-order valence-corrected chi connectivity index (χ2v) is 6.08. The summed E-state index contributed by atoms with van der Waals surface area (Å²) in [5.74, 6) is 0.0177. The van der Waals surface area contributed by atoms with Crippen molar-refractivity contribution in [2.45, 2.75) is 18.7 Å². The van der Waals surface area contributed by atoms with Crippen LogP contribution in [-0.2, 0) is 10.0 Å². The Hall–Kier alpha value is -1.66. The number of sulfonamides is 1. The van der Waals surface area contributed by atoms with Gasteiger partial charge in [0.1, 0.15) is 0 Å². The summed E-state index contributed by atoms with van der Waals surface area (Å²) in [6, 6.07) is 5.09. The van der Waals surface area contributed by atoms with Crippen molar-refractivity contribution in [3.8, 4) is 0 Å². The van der Waals surface area contributed by atoms with Crippen molar-refractivity contribution >= 4 is 27.4 Å². The van der Waals surface area contributed by atoms with E-state index in [0.29, 0.717) is 5.56 Å². The van der Waals surface area contributed by atoms with Gasteiger partial charge in [0.25, 0.3) is 10.0 Å². The summed E-state index contributed by atoms with van der Waals surface area (Å²) in [7, 11) is -3.72. The van der Waals surface area contributed by atoms with Gasteiger partial charge in [0.2, 0.25) is 0 Å². The molecule has 7 heteroatoms. The van der Waals surface area contributed by atoms with E-state index in [4.69, 9.17) is 11.6 Å². The first kappa shape index (κ1) is 13.8. The van der Waals surface area contributed by atoms with Gasteiger partial charge in [-0.3, -0.25) is 4.72 Å². The van der Waals surface area contributed by atoms with Gasteiger partial charge >= 0.3 is 0 Å². The summed E-state index contributed by atoms with van der Waals surface area (Å²) < 4.78 is 26.8. The summed E-state index contributed by atoms with van der Waals surface area (Å²) in [6.45, 7) is 3.64. The molecule has 1 heterocycles. The minimum absolute atomic E-state index is 0.0100. The molecular formula is C12H12ClN3O2S. The minimum Gasteiger partial charge on any atom is -0.261 e. The highest BCUT2D eigenvalue weighted by molar-refractivity contribution is 7.92. The second kappa shape index (κ2) is 5.14. The van der Waals surface area contributed by atoms with Gasteiger partial charge in [0.15, 0.2) is 11.0 Å². The summed E-state index contributed by atoms with van der Waals surface area (Å²) in [5, 5.41) is 0.0100. The molecule has 1 aromatic heterocycles. The first-order valence-electron chi connectivity index (χ1n) is 5.47. The maximum absolute atomic E-state index is 12.2. The number of anilines is 1. The summed E-state index contributed by atoms with van der Waals surface area (Å²) >= 11 is 5.78. The predicted molar refractivity (Wildman–Crippen MR) is 73.8 cm³/mol.